The van der Waals surface area contributed by atoms with Crippen molar-refractivity contribution in [2.45, 2.75) is 76.6 Å². The molecule has 0 spiro atoms. The number of carbonyl (C=O) groups is 1. The fourth-order valence-corrected chi connectivity index (χ4v) is 7.08. The molecule has 34 heavy (non-hydrogen) atoms. The molecule has 0 radical (unpaired) electrons. The number of fused-ring (bicyclic) bond motifs is 1. The van der Waals surface area contributed by atoms with E-state index in [9.17, 15) is 4.79 Å². The average molecular weight is 465 g/mol. The van der Waals surface area contributed by atoms with Gasteiger partial charge in [0.2, 0.25) is 0 Å². The van der Waals surface area contributed by atoms with E-state index >= 15 is 0 Å². The van der Waals surface area contributed by atoms with Gasteiger partial charge in [-0.15, -0.1) is 0 Å². The van der Waals surface area contributed by atoms with Gasteiger partial charge in [0.15, 0.2) is 0 Å². The first-order valence-corrected chi connectivity index (χ1v) is 12.9. The van der Waals surface area contributed by atoms with E-state index in [2.05, 4.69) is 42.8 Å². The van der Waals surface area contributed by atoms with Crippen molar-refractivity contribution >= 4 is 24.1 Å². The lowest BCUT2D eigenvalue weighted by Crippen LogP contribution is -2.65. The van der Waals surface area contributed by atoms with Gasteiger partial charge < -0.3 is 29.7 Å². The summed E-state index contributed by atoms with van der Waals surface area (Å²) in [4.78, 5) is 12.9. The van der Waals surface area contributed by atoms with Crippen molar-refractivity contribution < 1.29 is 18.5 Å². The second-order valence-electron chi connectivity index (χ2n) is 11.6. The molecule has 182 valence electrons. The summed E-state index contributed by atoms with van der Waals surface area (Å²) in [6.45, 7) is 8.59. The van der Waals surface area contributed by atoms with E-state index < -0.39 is 7.12 Å². The molecule has 2 saturated heterocycles. The van der Waals surface area contributed by atoms with E-state index in [1.54, 1.807) is 6.26 Å². The predicted octanol–water partition coefficient (Wildman–Crippen LogP) is 3.66. The molecular weight excluding hydrogens is 429 g/mol. The SMILES string of the molecule is CC1(C)C2CC3OB(C(Cc4coc5ccccc45)NC(=O)NCC4CCCN4)O[C@@]3(C)C1C2. The molecule has 1 aromatic heterocycles. The number of benzene rings is 1. The van der Waals surface area contributed by atoms with Gasteiger partial charge in [-0.1, -0.05) is 32.0 Å². The van der Waals surface area contributed by atoms with Crippen LogP contribution in [0.15, 0.2) is 34.9 Å². The number of rotatable bonds is 6. The molecule has 5 unspecified atom stereocenters. The molecule has 1 aromatic carbocycles. The Hall–Kier alpha value is -2.03. The minimum atomic E-state index is -0.492. The molecule has 6 atom stereocenters. The third-order valence-electron chi connectivity index (χ3n) is 9.29. The van der Waals surface area contributed by atoms with Gasteiger partial charge in [-0.05, 0) is 74.5 Å². The van der Waals surface area contributed by atoms with E-state index in [4.69, 9.17) is 13.7 Å². The molecule has 5 fully saturated rings. The van der Waals surface area contributed by atoms with Crippen LogP contribution in [0.5, 0.6) is 0 Å². The number of hydrogen-bond donors (Lipinski definition) is 3. The van der Waals surface area contributed by atoms with Crippen LogP contribution in [0.25, 0.3) is 11.0 Å². The van der Waals surface area contributed by atoms with Gasteiger partial charge in [0.25, 0.3) is 0 Å². The van der Waals surface area contributed by atoms with E-state index in [-0.39, 0.29) is 29.1 Å². The van der Waals surface area contributed by atoms with Crippen LogP contribution in [0, 0.1) is 17.3 Å². The molecule has 3 heterocycles. The van der Waals surface area contributed by atoms with E-state index in [0.717, 1.165) is 42.3 Å². The van der Waals surface area contributed by atoms with Gasteiger partial charge in [0, 0.05) is 18.0 Å². The lowest BCUT2D eigenvalue weighted by Gasteiger charge is -2.64. The van der Waals surface area contributed by atoms with Crippen molar-refractivity contribution in [1.29, 1.82) is 0 Å². The average Bonchev–Trinajstić information content (AvgIpc) is 3.55. The molecule has 7 rings (SSSR count). The highest BCUT2D eigenvalue weighted by molar-refractivity contribution is 6.48. The van der Waals surface area contributed by atoms with Crippen molar-refractivity contribution in [3.05, 3.63) is 36.1 Å². The number of nitrogens with one attached hydrogen (secondary N) is 3. The molecule has 3 aliphatic carbocycles. The maximum atomic E-state index is 12.9. The Bertz CT molecular complexity index is 1070. The van der Waals surface area contributed by atoms with Crippen molar-refractivity contribution in [2.75, 3.05) is 13.1 Å². The smallest absolute Gasteiger partial charge is 0.464 e. The van der Waals surface area contributed by atoms with Gasteiger partial charge in [0.1, 0.15) is 5.58 Å². The molecule has 2 aliphatic heterocycles. The van der Waals surface area contributed by atoms with Gasteiger partial charge in [-0.25, -0.2) is 4.79 Å². The fourth-order valence-electron chi connectivity index (χ4n) is 7.08. The summed E-state index contributed by atoms with van der Waals surface area (Å²) >= 11 is 0. The fraction of sp³-hybridized carbons (Fsp3) is 0.654. The maximum Gasteiger partial charge on any atom is 0.482 e. The van der Waals surface area contributed by atoms with Crippen LogP contribution < -0.4 is 16.0 Å². The summed E-state index contributed by atoms with van der Waals surface area (Å²) < 4.78 is 19.1. The lowest BCUT2D eigenvalue weighted by molar-refractivity contribution is -0.199. The molecule has 2 amide bonds. The minimum Gasteiger partial charge on any atom is -0.464 e. The summed E-state index contributed by atoms with van der Waals surface area (Å²) in [5, 5.41) is 10.7. The first-order valence-electron chi connectivity index (χ1n) is 12.9. The van der Waals surface area contributed by atoms with Crippen molar-refractivity contribution in [3.63, 3.8) is 0 Å². The first kappa shape index (κ1) is 22.4. The minimum absolute atomic E-state index is 0.0745. The molecule has 2 aromatic rings. The Morgan fingerprint density at radius 2 is 2.12 bits per heavy atom. The molecule has 8 heteroatoms. The van der Waals surface area contributed by atoms with Crippen LogP contribution in [0.1, 0.15) is 52.0 Å². The molecule has 3 N–H and O–H groups in total. The largest absolute Gasteiger partial charge is 0.482 e. The molecule has 3 saturated carbocycles. The van der Waals surface area contributed by atoms with Crippen LogP contribution in [0.2, 0.25) is 0 Å². The second kappa shape index (κ2) is 8.28. The van der Waals surface area contributed by atoms with E-state index in [0.29, 0.717) is 30.8 Å². The normalized spacial score (nSPS) is 34.5. The predicted molar refractivity (Wildman–Crippen MR) is 131 cm³/mol. The van der Waals surface area contributed by atoms with Gasteiger partial charge in [-0.3, -0.25) is 0 Å². The Balaban J connectivity index is 1.21. The topological polar surface area (TPSA) is 84.8 Å². The van der Waals surface area contributed by atoms with Crippen molar-refractivity contribution in [2.24, 2.45) is 17.3 Å². The highest BCUT2D eigenvalue weighted by atomic mass is 16.7. The number of furan rings is 1. The number of carbonyl (C=O) groups excluding carboxylic acids is 1. The summed E-state index contributed by atoms with van der Waals surface area (Å²) in [6, 6.07) is 8.18. The van der Waals surface area contributed by atoms with Crippen molar-refractivity contribution in [1.82, 2.24) is 16.0 Å². The molecule has 7 nitrogen and oxygen atoms in total. The van der Waals surface area contributed by atoms with Crippen molar-refractivity contribution in [3.8, 4) is 0 Å². The second-order valence-corrected chi connectivity index (χ2v) is 11.6. The highest BCUT2D eigenvalue weighted by Crippen LogP contribution is 2.65. The summed E-state index contributed by atoms with van der Waals surface area (Å²) in [6.07, 6.45) is 6.93. The first-order chi connectivity index (χ1) is 16.3. The number of para-hydroxylation sites is 1. The Labute approximate surface area is 201 Å². The zero-order chi connectivity index (χ0) is 23.5. The zero-order valence-corrected chi connectivity index (χ0v) is 20.4. The quantitative estimate of drug-likeness (QED) is 0.567. The van der Waals surface area contributed by atoms with Gasteiger partial charge >= 0.3 is 13.1 Å². The van der Waals surface area contributed by atoms with Gasteiger partial charge in [-0.2, -0.15) is 0 Å². The third-order valence-corrected chi connectivity index (χ3v) is 9.29. The number of urea groups is 1. The molecule has 2 bridgehead atoms. The highest BCUT2D eigenvalue weighted by Gasteiger charge is 2.68. The van der Waals surface area contributed by atoms with Gasteiger partial charge in [0.05, 0.1) is 23.9 Å². The lowest BCUT2D eigenvalue weighted by atomic mass is 9.43. The standard InChI is InChI=1S/C26H36BN3O4/c1-25(2)17-12-21(25)26(3)22(13-17)33-27(34-26)23(30-24(31)29-14-18-7-6-10-28-18)11-16-15-32-20-9-5-4-8-19(16)20/h4-5,8-9,15,17-18,21-23,28H,6-7,10-14H2,1-3H3,(H2,29,30,31)/t17?,18?,21?,22?,23?,26-/m0/s1. The number of hydrogen-bond acceptors (Lipinski definition) is 5. The van der Waals surface area contributed by atoms with Crippen LogP contribution in [-0.4, -0.2) is 49.9 Å². The van der Waals surface area contributed by atoms with Crippen LogP contribution in [0.4, 0.5) is 4.79 Å². The molecule has 5 aliphatic rings. The van der Waals surface area contributed by atoms with E-state index in [1.165, 1.54) is 6.42 Å². The van der Waals surface area contributed by atoms with Crippen LogP contribution in [0.3, 0.4) is 0 Å². The Kier molecular flexibility index (Phi) is 5.46. The summed E-state index contributed by atoms with van der Waals surface area (Å²) in [5.41, 5.74) is 1.87. The Morgan fingerprint density at radius 3 is 2.91 bits per heavy atom. The zero-order valence-electron chi connectivity index (χ0n) is 20.4. The molecular formula is C26H36BN3O4. The van der Waals surface area contributed by atoms with Crippen LogP contribution in [-0.2, 0) is 15.7 Å². The summed E-state index contributed by atoms with van der Waals surface area (Å²) in [5.74, 6) is 0.844. The third kappa shape index (κ3) is 3.66. The monoisotopic (exact) mass is 465 g/mol. The van der Waals surface area contributed by atoms with E-state index in [1.807, 2.05) is 18.2 Å². The number of amides is 2. The van der Waals surface area contributed by atoms with Crippen LogP contribution >= 0.6 is 0 Å². The maximum absolute atomic E-state index is 12.9. The Morgan fingerprint density at radius 1 is 1.26 bits per heavy atom. The summed E-state index contributed by atoms with van der Waals surface area (Å²) in [7, 11) is -0.492.